The van der Waals surface area contributed by atoms with Crippen molar-refractivity contribution in [2.24, 2.45) is 0 Å². The molecule has 0 amide bonds. The van der Waals surface area contributed by atoms with Gasteiger partial charge < -0.3 is 4.90 Å². The van der Waals surface area contributed by atoms with Crippen LogP contribution in [0.1, 0.15) is 18.9 Å². The summed E-state index contributed by atoms with van der Waals surface area (Å²) in [4.78, 5) is 13.1. The van der Waals surface area contributed by atoms with E-state index in [2.05, 4.69) is 48.2 Å². The molecule has 0 heterocycles. The summed E-state index contributed by atoms with van der Waals surface area (Å²) in [5.74, 6) is 0.235. The summed E-state index contributed by atoms with van der Waals surface area (Å²) < 4.78 is 0. The smallest absolute Gasteiger partial charge is 0.131 e. The summed E-state index contributed by atoms with van der Waals surface area (Å²) in [6, 6.07) is 12.9. The quantitative estimate of drug-likeness (QED) is 0.815. The molecule has 94 valence electrons. The van der Waals surface area contributed by atoms with Crippen molar-refractivity contribution in [2.45, 2.75) is 20.3 Å². The van der Waals surface area contributed by atoms with Gasteiger partial charge in [0.15, 0.2) is 0 Å². The molecule has 0 aromatic heterocycles. The third-order valence-electron chi connectivity index (χ3n) is 3.22. The summed E-state index contributed by atoms with van der Waals surface area (Å²) in [7, 11) is 2.03. The highest BCUT2D eigenvalue weighted by Crippen LogP contribution is 2.22. The Morgan fingerprint density at radius 2 is 1.78 bits per heavy atom. The van der Waals surface area contributed by atoms with E-state index < -0.39 is 0 Å². The third kappa shape index (κ3) is 2.89. The van der Waals surface area contributed by atoms with Crippen LogP contribution < -0.4 is 4.90 Å². The van der Waals surface area contributed by atoms with E-state index in [0.717, 1.165) is 12.2 Å². The Kier molecular flexibility index (Phi) is 3.66. The van der Waals surface area contributed by atoms with Gasteiger partial charge in [-0.25, -0.2) is 0 Å². The first-order valence-electron chi connectivity index (χ1n) is 6.27. The van der Waals surface area contributed by atoms with Gasteiger partial charge in [0, 0.05) is 25.7 Å². The summed E-state index contributed by atoms with van der Waals surface area (Å²) in [6.07, 6.45) is 0.600. The molecule has 0 aliphatic heterocycles. The van der Waals surface area contributed by atoms with E-state index in [1.807, 2.05) is 7.05 Å². The van der Waals surface area contributed by atoms with Gasteiger partial charge in [0.05, 0.1) is 0 Å². The number of aryl methyl sites for hydroxylation is 1. The van der Waals surface area contributed by atoms with Gasteiger partial charge in [-0.2, -0.15) is 0 Å². The molecule has 2 rings (SSSR count). The number of Topliss-reactive ketones (excluding diaryl/α,β-unsaturated/α-hetero) is 1. The Morgan fingerprint density at radius 1 is 1.11 bits per heavy atom. The Morgan fingerprint density at radius 3 is 2.50 bits per heavy atom. The largest absolute Gasteiger partial charge is 0.374 e. The maximum atomic E-state index is 11.0. The second-order valence-corrected chi connectivity index (χ2v) is 4.91. The molecule has 0 bridgehead atoms. The first-order valence-corrected chi connectivity index (χ1v) is 6.27. The molecular formula is C16H19NO. The van der Waals surface area contributed by atoms with Gasteiger partial charge in [-0.05, 0) is 36.8 Å². The van der Waals surface area contributed by atoms with Crippen molar-refractivity contribution in [2.75, 3.05) is 18.5 Å². The van der Waals surface area contributed by atoms with Crippen LogP contribution in [-0.4, -0.2) is 19.4 Å². The van der Waals surface area contributed by atoms with Crippen LogP contribution in [0.25, 0.3) is 10.8 Å². The first kappa shape index (κ1) is 12.6. The predicted octanol–water partition coefficient (Wildman–Crippen LogP) is 3.56. The number of rotatable bonds is 4. The average molecular weight is 241 g/mol. The zero-order valence-electron chi connectivity index (χ0n) is 11.2. The minimum atomic E-state index is 0.235. The van der Waals surface area contributed by atoms with E-state index in [9.17, 15) is 4.79 Å². The van der Waals surface area contributed by atoms with E-state index in [0.29, 0.717) is 6.42 Å². The summed E-state index contributed by atoms with van der Waals surface area (Å²) >= 11 is 0. The molecule has 2 aromatic rings. The normalized spacial score (nSPS) is 10.6. The highest BCUT2D eigenvalue weighted by Gasteiger charge is 2.03. The van der Waals surface area contributed by atoms with Crippen molar-refractivity contribution >= 4 is 22.2 Å². The van der Waals surface area contributed by atoms with Crippen molar-refractivity contribution in [1.82, 2.24) is 0 Å². The molecule has 0 aliphatic rings. The minimum absolute atomic E-state index is 0.235. The Balaban J connectivity index is 2.24. The number of anilines is 1. The third-order valence-corrected chi connectivity index (χ3v) is 3.22. The van der Waals surface area contributed by atoms with Crippen LogP contribution in [0, 0.1) is 6.92 Å². The highest BCUT2D eigenvalue weighted by atomic mass is 16.1. The summed E-state index contributed by atoms with van der Waals surface area (Å²) in [5.41, 5.74) is 2.44. The molecule has 0 unspecified atom stereocenters. The average Bonchev–Trinajstić information content (AvgIpc) is 2.35. The van der Waals surface area contributed by atoms with Gasteiger partial charge in [0.2, 0.25) is 0 Å². The first-order chi connectivity index (χ1) is 8.56. The number of fused-ring (bicyclic) bond motifs is 1. The number of benzene rings is 2. The van der Waals surface area contributed by atoms with E-state index >= 15 is 0 Å². The lowest BCUT2D eigenvalue weighted by Gasteiger charge is -2.19. The summed E-state index contributed by atoms with van der Waals surface area (Å²) in [5, 5.41) is 2.51. The maximum Gasteiger partial charge on any atom is 0.131 e. The van der Waals surface area contributed by atoms with Crippen LogP contribution in [-0.2, 0) is 4.79 Å². The molecule has 0 fully saturated rings. The monoisotopic (exact) mass is 241 g/mol. The fraction of sp³-hybridized carbons (Fsp3) is 0.312. The molecular weight excluding hydrogens is 222 g/mol. The SMILES string of the molecule is CC(=O)CCN(C)c1ccc2cc(C)ccc2c1. The Hall–Kier alpha value is -1.83. The molecule has 0 aliphatic carbocycles. The number of nitrogens with zero attached hydrogens (tertiary/aromatic N) is 1. The van der Waals surface area contributed by atoms with E-state index in [4.69, 9.17) is 0 Å². The standard InChI is InChI=1S/C16H19NO/c1-12-4-5-15-11-16(7-6-14(15)10-12)17(3)9-8-13(2)18/h4-7,10-11H,8-9H2,1-3H3. The van der Waals surface area contributed by atoms with Gasteiger partial charge in [-0.3, -0.25) is 4.79 Å². The second-order valence-electron chi connectivity index (χ2n) is 4.91. The number of ketones is 1. The second kappa shape index (κ2) is 5.21. The topological polar surface area (TPSA) is 20.3 Å². The van der Waals surface area contributed by atoms with E-state index in [1.165, 1.54) is 16.3 Å². The molecule has 2 aromatic carbocycles. The molecule has 0 spiro atoms. The van der Waals surface area contributed by atoms with Crippen LogP contribution >= 0.6 is 0 Å². The van der Waals surface area contributed by atoms with E-state index in [-0.39, 0.29) is 5.78 Å². The van der Waals surface area contributed by atoms with Gasteiger partial charge in [-0.15, -0.1) is 0 Å². The molecule has 2 heteroatoms. The molecule has 0 saturated carbocycles. The van der Waals surface area contributed by atoms with Crippen LogP contribution in [0.2, 0.25) is 0 Å². The summed E-state index contributed by atoms with van der Waals surface area (Å²) in [6.45, 7) is 4.51. The van der Waals surface area contributed by atoms with E-state index in [1.54, 1.807) is 6.92 Å². The number of carbonyl (C=O) groups is 1. The van der Waals surface area contributed by atoms with Gasteiger partial charge >= 0.3 is 0 Å². The zero-order chi connectivity index (χ0) is 13.1. The number of hydrogen-bond donors (Lipinski definition) is 0. The van der Waals surface area contributed by atoms with Crippen LogP contribution in [0.4, 0.5) is 5.69 Å². The molecule has 18 heavy (non-hydrogen) atoms. The lowest BCUT2D eigenvalue weighted by Crippen LogP contribution is -2.20. The van der Waals surface area contributed by atoms with Gasteiger partial charge in [0.25, 0.3) is 0 Å². The minimum Gasteiger partial charge on any atom is -0.374 e. The van der Waals surface area contributed by atoms with Gasteiger partial charge in [-0.1, -0.05) is 29.8 Å². The molecule has 2 nitrogen and oxygen atoms in total. The number of carbonyl (C=O) groups excluding carboxylic acids is 1. The highest BCUT2D eigenvalue weighted by molar-refractivity contribution is 5.86. The van der Waals surface area contributed by atoms with Crippen LogP contribution in [0.3, 0.4) is 0 Å². The lowest BCUT2D eigenvalue weighted by atomic mass is 10.1. The van der Waals surface area contributed by atoms with Crippen molar-refractivity contribution in [3.05, 3.63) is 42.0 Å². The van der Waals surface area contributed by atoms with Crippen molar-refractivity contribution in [3.8, 4) is 0 Å². The molecule has 0 N–H and O–H groups in total. The Labute approximate surface area is 108 Å². The number of hydrogen-bond acceptors (Lipinski definition) is 2. The zero-order valence-corrected chi connectivity index (χ0v) is 11.2. The molecule has 0 saturated heterocycles. The Bertz CT molecular complexity index is 574. The molecule has 0 atom stereocenters. The fourth-order valence-corrected chi connectivity index (χ4v) is 2.04. The predicted molar refractivity (Wildman–Crippen MR) is 77.3 cm³/mol. The fourth-order valence-electron chi connectivity index (χ4n) is 2.04. The van der Waals surface area contributed by atoms with Crippen molar-refractivity contribution < 1.29 is 4.79 Å². The maximum absolute atomic E-state index is 11.0. The van der Waals surface area contributed by atoms with Crippen LogP contribution in [0.15, 0.2) is 36.4 Å². The lowest BCUT2D eigenvalue weighted by molar-refractivity contribution is -0.116. The van der Waals surface area contributed by atoms with Crippen LogP contribution in [0.5, 0.6) is 0 Å². The molecule has 0 radical (unpaired) electrons. The van der Waals surface area contributed by atoms with Crippen molar-refractivity contribution in [3.63, 3.8) is 0 Å². The van der Waals surface area contributed by atoms with Gasteiger partial charge in [0.1, 0.15) is 5.78 Å². The van der Waals surface area contributed by atoms with Crippen molar-refractivity contribution in [1.29, 1.82) is 0 Å².